The molecule has 0 aromatic heterocycles. The smallest absolute Gasteiger partial charge is 0.106 e. The summed E-state index contributed by atoms with van der Waals surface area (Å²) in [6.07, 6.45) is 0.416. The fourth-order valence-corrected chi connectivity index (χ4v) is 11.2. The highest BCUT2D eigenvalue weighted by molar-refractivity contribution is 6.55. The summed E-state index contributed by atoms with van der Waals surface area (Å²) in [6, 6.07) is 0. The number of alkyl halides is 6. The van der Waals surface area contributed by atoms with Crippen molar-refractivity contribution in [3.8, 4) is 0 Å². The summed E-state index contributed by atoms with van der Waals surface area (Å²) in [7, 11) is 0. The molecule has 0 spiro atoms. The summed E-state index contributed by atoms with van der Waals surface area (Å²) in [5.41, 5.74) is 0. The fourth-order valence-electron chi connectivity index (χ4n) is 6.81. The molecular formula is C12H8Cl6O. The predicted molar refractivity (Wildman–Crippen MR) is 76.2 cm³/mol. The van der Waals surface area contributed by atoms with Crippen molar-refractivity contribution in [3.63, 3.8) is 0 Å². The monoisotopic (exact) mass is 378 g/mol. The minimum Gasteiger partial charge on any atom is -0.369 e. The van der Waals surface area contributed by atoms with Crippen molar-refractivity contribution >= 4 is 69.6 Å². The molecule has 7 heteroatoms. The Labute approximate surface area is 140 Å². The highest BCUT2D eigenvalue weighted by Crippen LogP contribution is 2.96. The Bertz CT molecular complexity index is 520. The van der Waals surface area contributed by atoms with Gasteiger partial charge in [0.25, 0.3) is 0 Å². The molecule has 1 nitrogen and oxygen atoms in total. The van der Waals surface area contributed by atoms with Crippen LogP contribution in [-0.4, -0.2) is 42.5 Å². The summed E-state index contributed by atoms with van der Waals surface area (Å²) in [6.45, 7) is 0. The molecule has 10 unspecified atom stereocenters. The van der Waals surface area contributed by atoms with E-state index in [2.05, 4.69) is 0 Å². The average Bonchev–Trinajstić information content (AvgIpc) is 2.90. The largest absolute Gasteiger partial charge is 0.369 e. The van der Waals surface area contributed by atoms with E-state index in [1.54, 1.807) is 0 Å². The van der Waals surface area contributed by atoms with Crippen LogP contribution >= 0.6 is 69.6 Å². The summed E-state index contributed by atoms with van der Waals surface area (Å²) in [5.74, 6) is 0.628. The summed E-state index contributed by atoms with van der Waals surface area (Å²) in [5, 5.41) is -0.905. The van der Waals surface area contributed by atoms with E-state index in [4.69, 9.17) is 74.3 Å². The van der Waals surface area contributed by atoms with E-state index < -0.39 is 30.3 Å². The van der Waals surface area contributed by atoms with Crippen LogP contribution in [0, 0.1) is 23.7 Å². The first-order chi connectivity index (χ1) is 8.79. The molecular weight excluding hydrogens is 373 g/mol. The Balaban J connectivity index is 1.75. The molecule has 10 atom stereocenters. The first kappa shape index (κ1) is 12.2. The summed E-state index contributed by atoms with van der Waals surface area (Å²) < 4.78 is 5.77. The van der Waals surface area contributed by atoms with Crippen LogP contribution in [0.4, 0.5) is 0 Å². The van der Waals surface area contributed by atoms with Crippen molar-refractivity contribution < 1.29 is 4.74 Å². The van der Waals surface area contributed by atoms with Gasteiger partial charge in [-0.25, -0.2) is 0 Å². The van der Waals surface area contributed by atoms with Crippen LogP contribution in [-0.2, 0) is 4.74 Å². The highest BCUT2D eigenvalue weighted by atomic mass is 35.5. The Morgan fingerprint density at radius 2 is 1.05 bits per heavy atom. The van der Waals surface area contributed by atoms with Gasteiger partial charge in [-0.1, -0.05) is 0 Å². The molecule has 19 heavy (non-hydrogen) atoms. The Morgan fingerprint density at radius 3 is 1.47 bits per heavy atom. The molecule has 1 saturated heterocycles. The zero-order valence-corrected chi connectivity index (χ0v) is 13.8. The number of halogens is 6. The lowest BCUT2D eigenvalue weighted by Gasteiger charge is -2.43. The second-order valence-electron chi connectivity index (χ2n) is 6.93. The molecule has 0 amide bonds. The maximum atomic E-state index is 7.06. The van der Waals surface area contributed by atoms with Crippen LogP contribution in [0.15, 0.2) is 0 Å². The standard InChI is InChI=1S/C12H8Cl6O/c13-7-8(14)11(17)2-1-3-5-6(19-5)4(2)9(3,15)12(11,18)10(1,7)16/h1-8H. The maximum Gasteiger partial charge on any atom is 0.106 e. The summed E-state index contributed by atoms with van der Waals surface area (Å²) >= 11 is 41.1. The van der Waals surface area contributed by atoms with Crippen LogP contribution in [0.3, 0.4) is 0 Å². The van der Waals surface area contributed by atoms with Crippen LogP contribution < -0.4 is 0 Å². The van der Waals surface area contributed by atoms with Gasteiger partial charge in [0.15, 0.2) is 0 Å². The van der Waals surface area contributed by atoms with Crippen LogP contribution in [0.5, 0.6) is 0 Å². The third-order valence-electron chi connectivity index (χ3n) is 7.01. The molecule has 0 aromatic carbocycles. The number of rotatable bonds is 0. The number of ether oxygens (including phenoxy) is 1. The van der Waals surface area contributed by atoms with Gasteiger partial charge in [-0.3, -0.25) is 0 Å². The van der Waals surface area contributed by atoms with Crippen LogP contribution in [0.25, 0.3) is 0 Å². The van der Waals surface area contributed by atoms with E-state index >= 15 is 0 Å². The van der Waals surface area contributed by atoms with E-state index in [0.29, 0.717) is 0 Å². The average molecular weight is 381 g/mol. The van der Waals surface area contributed by atoms with Gasteiger partial charge in [0.2, 0.25) is 0 Å². The molecule has 8 bridgehead atoms. The second-order valence-corrected chi connectivity index (χ2v) is 10.3. The number of fused-ring (bicyclic) bond motifs is 1. The van der Waals surface area contributed by atoms with Gasteiger partial charge in [0, 0.05) is 11.8 Å². The Kier molecular flexibility index (Phi) is 1.72. The first-order valence-electron chi connectivity index (χ1n) is 6.48. The molecule has 1 aliphatic heterocycles. The quantitative estimate of drug-likeness (QED) is 0.463. The lowest BCUT2D eigenvalue weighted by atomic mass is 9.70. The highest BCUT2D eigenvalue weighted by Gasteiger charge is 3.07. The zero-order chi connectivity index (χ0) is 13.3. The van der Waals surface area contributed by atoms with E-state index in [9.17, 15) is 0 Å². The van der Waals surface area contributed by atoms with Gasteiger partial charge >= 0.3 is 0 Å². The first-order valence-corrected chi connectivity index (χ1v) is 8.86. The molecule has 0 N–H and O–H groups in total. The molecule has 6 aliphatic carbocycles. The number of hydrogen-bond acceptors (Lipinski definition) is 1. The predicted octanol–water partition coefficient (Wildman–Crippen LogP) is 3.41. The second kappa shape index (κ2) is 2.68. The number of hydrogen-bond donors (Lipinski definition) is 0. The Hall–Kier alpha value is 1.70. The third-order valence-corrected chi connectivity index (χ3v) is 12.1. The van der Waals surface area contributed by atoms with Crippen molar-refractivity contribution in [2.24, 2.45) is 23.7 Å². The zero-order valence-electron chi connectivity index (χ0n) is 9.29. The summed E-state index contributed by atoms with van der Waals surface area (Å²) in [4.78, 5) is -3.15. The molecule has 7 rings (SSSR count). The van der Waals surface area contributed by atoms with E-state index in [0.717, 1.165) is 0 Å². The van der Waals surface area contributed by atoms with E-state index in [1.165, 1.54) is 0 Å². The lowest BCUT2D eigenvalue weighted by Crippen LogP contribution is -2.57. The molecule has 104 valence electrons. The van der Waals surface area contributed by atoms with Crippen molar-refractivity contribution in [2.45, 2.75) is 42.5 Å². The lowest BCUT2D eigenvalue weighted by molar-refractivity contribution is 0.193. The van der Waals surface area contributed by atoms with Crippen molar-refractivity contribution in [2.75, 3.05) is 0 Å². The number of epoxide rings is 1. The van der Waals surface area contributed by atoms with Crippen LogP contribution in [0.1, 0.15) is 0 Å². The van der Waals surface area contributed by atoms with Gasteiger partial charge in [-0.05, 0) is 11.8 Å². The minimum absolute atomic E-state index is 0.132. The Morgan fingerprint density at radius 1 is 0.632 bits per heavy atom. The molecule has 1 heterocycles. The van der Waals surface area contributed by atoms with Gasteiger partial charge in [-0.15, -0.1) is 69.6 Å². The molecule has 0 aromatic rings. The molecule has 6 saturated carbocycles. The normalized spacial score (nSPS) is 88.1. The molecule has 7 fully saturated rings. The topological polar surface area (TPSA) is 12.5 Å². The molecule has 7 aliphatic rings. The maximum absolute atomic E-state index is 7.06. The third kappa shape index (κ3) is 0.688. The van der Waals surface area contributed by atoms with Crippen molar-refractivity contribution in [3.05, 3.63) is 0 Å². The fraction of sp³-hybridized carbons (Fsp3) is 1.00. The van der Waals surface area contributed by atoms with E-state index in [1.807, 2.05) is 0 Å². The van der Waals surface area contributed by atoms with Gasteiger partial charge in [-0.2, -0.15) is 0 Å². The van der Waals surface area contributed by atoms with Crippen LogP contribution in [0.2, 0.25) is 0 Å². The van der Waals surface area contributed by atoms with Gasteiger partial charge in [0.05, 0.1) is 37.6 Å². The van der Waals surface area contributed by atoms with E-state index in [-0.39, 0.29) is 35.9 Å². The van der Waals surface area contributed by atoms with Gasteiger partial charge in [0.1, 0.15) is 4.87 Å². The molecule has 0 radical (unpaired) electrons. The SMILES string of the molecule is ClC1C(Cl)C2(Cl)C3C4C5C6OC6C3C5(Cl)C2(Cl)C14Cl. The van der Waals surface area contributed by atoms with Gasteiger partial charge < -0.3 is 4.74 Å². The minimum atomic E-state index is -0.933. The van der Waals surface area contributed by atoms with Crippen molar-refractivity contribution in [1.82, 2.24) is 0 Å². The van der Waals surface area contributed by atoms with Crippen molar-refractivity contribution in [1.29, 1.82) is 0 Å².